The molecule has 86 valence electrons. The van der Waals surface area contributed by atoms with Crippen LogP contribution in [0.4, 0.5) is 0 Å². The second kappa shape index (κ2) is 4.71. The van der Waals surface area contributed by atoms with Crippen LogP contribution < -0.4 is 5.32 Å². The molecule has 0 aliphatic carbocycles. The van der Waals surface area contributed by atoms with E-state index >= 15 is 0 Å². The highest BCUT2D eigenvalue weighted by Crippen LogP contribution is 2.24. The van der Waals surface area contributed by atoms with Gasteiger partial charge in [0.1, 0.15) is 5.01 Å². The standard InChI is InChI=1S/C10H15N5S/c1-6(2)11-5-9-14-15-10(16-9)8-4-12-13-7(8)3/h4,6,11H,5H2,1-3H3,(H,12,13). The summed E-state index contributed by atoms with van der Waals surface area (Å²) in [5.41, 5.74) is 2.06. The van der Waals surface area contributed by atoms with E-state index in [0.29, 0.717) is 6.04 Å². The van der Waals surface area contributed by atoms with Crippen LogP contribution in [-0.4, -0.2) is 26.4 Å². The fourth-order valence-electron chi connectivity index (χ4n) is 1.29. The summed E-state index contributed by atoms with van der Waals surface area (Å²) < 4.78 is 0. The van der Waals surface area contributed by atoms with Crippen molar-refractivity contribution < 1.29 is 0 Å². The zero-order valence-corrected chi connectivity index (χ0v) is 10.4. The maximum atomic E-state index is 4.17. The smallest absolute Gasteiger partial charge is 0.151 e. The number of aromatic amines is 1. The van der Waals surface area contributed by atoms with Gasteiger partial charge in [-0.1, -0.05) is 25.2 Å². The van der Waals surface area contributed by atoms with Crippen molar-refractivity contribution in [2.75, 3.05) is 0 Å². The topological polar surface area (TPSA) is 66.5 Å². The normalized spacial score (nSPS) is 11.2. The van der Waals surface area contributed by atoms with Crippen molar-refractivity contribution in [1.82, 2.24) is 25.7 Å². The number of nitrogens with one attached hydrogen (secondary N) is 2. The highest BCUT2D eigenvalue weighted by atomic mass is 32.1. The van der Waals surface area contributed by atoms with Gasteiger partial charge in [-0.15, -0.1) is 10.2 Å². The van der Waals surface area contributed by atoms with E-state index in [1.807, 2.05) is 6.92 Å². The van der Waals surface area contributed by atoms with E-state index in [1.165, 1.54) is 0 Å². The van der Waals surface area contributed by atoms with E-state index in [9.17, 15) is 0 Å². The maximum absolute atomic E-state index is 4.17. The van der Waals surface area contributed by atoms with Crippen LogP contribution in [0, 0.1) is 6.92 Å². The largest absolute Gasteiger partial charge is 0.308 e. The third-order valence-corrected chi connectivity index (χ3v) is 3.15. The summed E-state index contributed by atoms with van der Waals surface area (Å²) >= 11 is 1.60. The number of aryl methyl sites for hydroxylation is 1. The van der Waals surface area contributed by atoms with Gasteiger partial charge in [-0.3, -0.25) is 5.10 Å². The SMILES string of the molecule is Cc1[nH]ncc1-c1nnc(CNC(C)C)s1. The molecule has 2 N–H and O–H groups in total. The Kier molecular flexibility index (Phi) is 3.31. The molecule has 0 aliphatic heterocycles. The molecule has 16 heavy (non-hydrogen) atoms. The quantitative estimate of drug-likeness (QED) is 0.850. The van der Waals surface area contributed by atoms with Crippen molar-refractivity contribution >= 4 is 11.3 Å². The van der Waals surface area contributed by atoms with Crippen LogP contribution >= 0.6 is 11.3 Å². The van der Waals surface area contributed by atoms with Crippen molar-refractivity contribution in [1.29, 1.82) is 0 Å². The van der Waals surface area contributed by atoms with Crippen molar-refractivity contribution in [3.8, 4) is 10.6 Å². The van der Waals surface area contributed by atoms with Gasteiger partial charge in [0.15, 0.2) is 5.01 Å². The predicted octanol–water partition coefficient (Wildman–Crippen LogP) is 1.73. The molecule has 5 nitrogen and oxygen atoms in total. The molecular formula is C10H15N5S. The highest BCUT2D eigenvalue weighted by molar-refractivity contribution is 7.14. The third kappa shape index (κ3) is 2.45. The van der Waals surface area contributed by atoms with Crippen LogP contribution in [0.2, 0.25) is 0 Å². The third-order valence-electron chi connectivity index (χ3n) is 2.19. The molecule has 2 aromatic heterocycles. The van der Waals surface area contributed by atoms with Crippen molar-refractivity contribution in [2.45, 2.75) is 33.4 Å². The van der Waals surface area contributed by atoms with Crippen LogP contribution in [-0.2, 0) is 6.54 Å². The zero-order valence-electron chi connectivity index (χ0n) is 9.61. The first-order valence-corrected chi connectivity index (χ1v) is 6.04. The molecule has 6 heteroatoms. The van der Waals surface area contributed by atoms with E-state index < -0.39 is 0 Å². The fraction of sp³-hybridized carbons (Fsp3) is 0.500. The molecule has 0 atom stereocenters. The summed E-state index contributed by atoms with van der Waals surface area (Å²) in [5.74, 6) is 0. The summed E-state index contributed by atoms with van der Waals surface area (Å²) in [5, 5.41) is 20.4. The number of hydrogen-bond acceptors (Lipinski definition) is 5. The van der Waals surface area contributed by atoms with E-state index in [1.54, 1.807) is 17.5 Å². The van der Waals surface area contributed by atoms with Gasteiger partial charge in [-0.25, -0.2) is 0 Å². The second-order valence-electron chi connectivity index (χ2n) is 3.95. The lowest BCUT2D eigenvalue weighted by molar-refractivity contribution is 0.585. The minimum Gasteiger partial charge on any atom is -0.308 e. The predicted molar refractivity (Wildman–Crippen MR) is 64.2 cm³/mol. The Morgan fingerprint density at radius 2 is 2.25 bits per heavy atom. The fourth-order valence-corrected chi connectivity index (χ4v) is 2.15. The first kappa shape index (κ1) is 11.2. The average molecular weight is 237 g/mol. The Morgan fingerprint density at radius 3 is 2.88 bits per heavy atom. The summed E-state index contributed by atoms with van der Waals surface area (Å²) in [4.78, 5) is 0. The molecule has 2 aromatic rings. The van der Waals surface area contributed by atoms with Gasteiger partial charge < -0.3 is 5.32 Å². The lowest BCUT2D eigenvalue weighted by Gasteiger charge is -2.03. The van der Waals surface area contributed by atoms with Crippen LogP contribution in [0.3, 0.4) is 0 Å². The number of nitrogens with zero attached hydrogens (tertiary/aromatic N) is 3. The van der Waals surface area contributed by atoms with Crippen LogP contribution in [0.1, 0.15) is 24.5 Å². The summed E-state index contributed by atoms with van der Waals surface area (Å²) in [6.45, 7) is 6.98. The average Bonchev–Trinajstić information content (AvgIpc) is 2.83. The lowest BCUT2D eigenvalue weighted by Crippen LogP contribution is -2.21. The van der Waals surface area contributed by atoms with Gasteiger partial charge in [-0.2, -0.15) is 5.10 Å². The lowest BCUT2D eigenvalue weighted by atomic mass is 10.3. The van der Waals surface area contributed by atoms with Crippen molar-refractivity contribution in [3.05, 3.63) is 16.9 Å². The Labute approximate surface area is 98.3 Å². The van der Waals surface area contributed by atoms with Gasteiger partial charge in [0.2, 0.25) is 0 Å². The second-order valence-corrected chi connectivity index (χ2v) is 5.01. The summed E-state index contributed by atoms with van der Waals surface area (Å²) in [7, 11) is 0. The monoisotopic (exact) mass is 237 g/mol. The maximum Gasteiger partial charge on any atom is 0.151 e. The Hall–Kier alpha value is -1.27. The number of rotatable bonds is 4. The van der Waals surface area contributed by atoms with Gasteiger partial charge in [0, 0.05) is 18.3 Å². The van der Waals surface area contributed by atoms with E-state index in [0.717, 1.165) is 27.8 Å². The van der Waals surface area contributed by atoms with Crippen LogP contribution in [0.5, 0.6) is 0 Å². The van der Waals surface area contributed by atoms with E-state index in [-0.39, 0.29) is 0 Å². The van der Waals surface area contributed by atoms with Gasteiger partial charge in [0.05, 0.1) is 11.8 Å². The van der Waals surface area contributed by atoms with Crippen LogP contribution in [0.25, 0.3) is 10.6 Å². The van der Waals surface area contributed by atoms with Gasteiger partial charge in [-0.05, 0) is 6.92 Å². The molecule has 2 heterocycles. The molecule has 0 unspecified atom stereocenters. The molecule has 0 aromatic carbocycles. The highest BCUT2D eigenvalue weighted by Gasteiger charge is 2.10. The first-order chi connectivity index (χ1) is 7.66. The molecule has 0 saturated carbocycles. The molecule has 0 fully saturated rings. The molecule has 0 amide bonds. The van der Waals surface area contributed by atoms with Gasteiger partial charge in [0.25, 0.3) is 0 Å². The van der Waals surface area contributed by atoms with Crippen LogP contribution in [0.15, 0.2) is 6.20 Å². The zero-order chi connectivity index (χ0) is 11.5. The summed E-state index contributed by atoms with van der Waals surface area (Å²) in [6, 6.07) is 0.461. The minimum atomic E-state index is 0.461. The van der Waals surface area contributed by atoms with Gasteiger partial charge >= 0.3 is 0 Å². The first-order valence-electron chi connectivity index (χ1n) is 5.23. The Balaban J connectivity index is 2.11. The van der Waals surface area contributed by atoms with E-state index in [2.05, 4.69) is 39.6 Å². The molecular weight excluding hydrogens is 222 g/mol. The molecule has 0 aliphatic rings. The summed E-state index contributed by atoms with van der Waals surface area (Å²) in [6.07, 6.45) is 1.79. The van der Waals surface area contributed by atoms with Crippen molar-refractivity contribution in [2.24, 2.45) is 0 Å². The number of hydrogen-bond donors (Lipinski definition) is 2. The Morgan fingerprint density at radius 1 is 1.44 bits per heavy atom. The number of aromatic nitrogens is 4. The number of H-pyrrole nitrogens is 1. The van der Waals surface area contributed by atoms with E-state index in [4.69, 9.17) is 0 Å². The Bertz CT molecular complexity index is 459. The molecule has 2 rings (SSSR count). The van der Waals surface area contributed by atoms with Crippen molar-refractivity contribution in [3.63, 3.8) is 0 Å². The molecule has 0 spiro atoms. The molecule has 0 radical (unpaired) electrons. The minimum absolute atomic E-state index is 0.461. The molecule has 0 saturated heterocycles. The molecule has 0 bridgehead atoms.